The Balaban J connectivity index is 1.74. The van der Waals surface area contributed by atoms with Gasteiger partial charge in [-0.15, -0.1) is 6.42 Å². The number of hydrogen-bond acceptors (Lipinski definition) is 6. The molecule has 0 aliphatic carbocycles. The van der Waals surface area contributed by atoms with Crippen LogP contribution in [0.3, 0.4) is 0 Å². The highest BCUT2D eigenvalue weighted by Crippen LogP contribution is 2.37. The lowest BCUT2D eigenvalue weighted by molar-refractivity contribution is 0.0148. The van der Waals surface area contributed by atoms with Gasteiger partial charge >= 0.3 is 0 Å². The van der Waals surface area contributed by atoms with Crippen molar-refractivity contribution >= 4 is 5.69 Å². The van der Waals surface area contributed by atoms with Gasteiger partial charge in [0.05, 0.1) is 32.3 Å². The van der Waals surface area contributed by atoms with Gasteiger partial charge in [0.15, 0.2) is 0 Å². The van der Waals surface area contributed by atoms with Gasteiger partial charge in [-0.05, 0) is 67.5 Å². The smallest absolute Gasteiger partial charge is 0.130 e. The van der Waals surface area contributed by atoms with E-state index in [1.165, 1.54) is 6.42 Å². The molecule has 0 radical (unpaired) electrons. The van der Waals surface area contributed by atoms with Crippen LogP contribution in [0.5, 0.6) is 5.75 Å². The highest BCUT2D eigenvalue weighted by molar-refractivity contribution is 5.62. The maximum Gasteiger partial charge on any atom is 0.130 e. The van der Waals surface area contributed by atoms with Crippen LogP contribution in [0.25, 0.3) is 0 Å². The van der Waals surface area contributed by atoms with Crippen LogP contribution >= 0.6 is 0 Å². The molecule has 1 fully saturated rings. The van der Waals surface area contributed by atoms with Crippen LogP contribution in [0.4, 0.5) is 5.69 Å². The molecule has 176 valence electrons. The molecule has 2 atom stereocenters. The van der Waals surface area contributed by atoms with Crippen molar-refractivity contribution in [2.24, 2.45) is 0 Å². The maximum absolute atomic E-state index is 6.14. The van der Waals surface area contributed by atoms with E-state index >= 15 is 0 Å². The van der Waals surface area contributed by atoms with Crippen molar-refractivity contribution in [1.82, 2.24) is 4.98 Å². The summed E-state index contributed by atoms with van der Waals surface area (Å²) in [6, 6.07) is 8.35. The van der Waals surface area contributed by atoms with E-state index in [2.05, 4.69) is 40.9 Å². The Hall–Kier alpha value is -2.59. The predicted molar refractivity (Wildman–Crippen MR) is 129 cm³/mol. The molecule has 0 amide bonds. The fourth-order valence-electron chi connectivity index (χ4n) is 4.51. The summed E-state index contributed by atoms with van der Waals surface area (Å²) in [6.07, 6.45) is 14.0. The molecule has 1 aromatic carbocycles. The molecule has 1 saturated heterocycles. The monoisotopic (exact) mass is 450 g/mol. The molecular formula is C27H34N2O4. The third kappa shape index (κ3) is 6.05. The summed E-state index contributed by atoms with van der Waals surface area (Å²) in [4.78, 5) is 6.82. The van der Waals surface area contributed by atoms with E-state index in [1.807, 2.05) is 18.5 Å². The molecule has 2 aliphatic rings. The molecule has 4 rings (SSSR count). The largest absolute Gasteiger partial charge is 0.491 e. The number of nitrogens with zero attached hydrogens (tertiary/aromatic N) is 2. The molecule has 2 aromatic rings. The molecule has 1 aromatic heterocycles. The third-order valence-electron chi connectivity index (χ3n) is 6.18. The summed E-state index contributed by atoms with van der Waals surface area (Å²) in [5, 5.41) is 0. The lowest BCUT2D eigenvalue weighted by atomic mass is 9.90. The van der Waals surface area contributed by atoms with Crippen molar-refractivity contribution in [3.63, 3.8) is 0 Å². The van der Waals surface area contributed by atoms with E-state index in [0.717, 1.165) is 60.5 Å². The van der Waals surface area contributed by atoms with Gasteiger partial charge in [0, 0.05) is 31.2 Å². The molecule has 0 N–H and O–H groups in total. The zero-order valence-electron chi connectivity index (χ0n) is 19.5. The number of hydrogen-bond donors (Lipinski definition) is 0. The van der Waals surface area contributed by atoms with Gasteiger partial charge in [0.1, 0.15) is 18.6 Å². The zero-order valence-corrected chi connectivity index (χ0v) is 19.5. The van der Waals surface area contributed by atoms with Crippen LogP contribution < -0.4 is 9.64 Å². The van der Waals surface area contributed by atoms with Gasteiger partial charge in [-0.3, -0.25) is 4.98 Å². The summed E-state index contributed by atoms with van der Waals surface area (Å²) in [7, 11) is 0. The van der Waals surface area contributed by atoms with Crippen molar-refractivity contribution in [3.8, 4) is 18.1 Å². The number of aromatic nitrogens is 1. The molecule has 0 spiro atoms. The van der Waals surface area contributed by atoms with Gasteiger partial charge in [-0.25, -0.2) is 0 Å². The van der Waals surface area contributed by atoms with Crippen molar-refractivity contribution in [3.05, 3.63) is 53.3 Å². The predicted octanol–water partition coefficient (Wildman–Crippen LogP) is 4.17. The number of benzene rings is 1. The number of ether oxygens (including phenoxy) is 4. The van der Waals surface area contributed by atoms with Gasteiger partial charge in [-0.1, -0.05) is 12.0 Å². The second-order valence-corrected chi connectivity index (χ2v) is 8.38. The van der Waals surface area contributed by atoms with E-state index in [1.54, 1.807) is 0 Å². The summed E-state index contributed by atoms with van der Waals surface area (Å²) in [5.74, 6) is 3.56. The highest BCUT2D eigenvalue weighted by atomic mass is 16.5. The van der Waals surface area contributed by atoms with E-state index in [0.29, 0.717) is 33.0 Å². The number of anilines is 1. The number of fused-ring (bicyclic) bond motifs is 4. The van der Waals surface area contributed by atoms with Gasteiger partial charge in [-0.2, -0.15) is 0 Å². The fourth-order valence-corrected chi connectivity index (χ4v) is 4.51. The van der Waals surface area contributed by atoms with Crippen LogP contribution in [0.1, 0.15) is 48.8 Å². The Kier molecular flexibility index (Phi) is 8.59. The van der Waals surface area contributed by atoms with Gasteiger partial charge in [0.2, 0.25) is 0 Å². The second kappa shape index (κ2) is 12.0. The standard InChI is InChI=1S/C27H34N2O4/c1-3-24-22-17-21(19-28-20-22)10-12-30-13-14-31-15-16-32-23-8-9-26(25(24)18-23)29(4-2)27-7-5-6-11-33-27/h1,8-9,17-20,24,27H,4-7,10-16H2,2H3. The molecule has 3 heterocycles. The summed E-state index contributed by atoms with van der Waals surface area (Å²) in [5.41, 5.74) is 4.24. The molecule has 2 unspecified atom stereocenters. The molecular weight excluding hydrogens is 416 g/mol. The third-order valence-corrected chi connectivity index (χ3v) is 6.18. The van der Waals surface area contributed by atoms with Gasteiger partial charge in [0.25, 0.3) is 0 Å². The minimum atomic E-state index is -0.251. The molecule has 6 nitrogen and oxygen atoms in total. The second-order valence-electron chi connectivity index (χ2n) is 8.38. The molecule has 0 saturated carbocycles. The SMILES string of the molecule is C#CC1c2cncc(c2)CCOCCOCCOc2ccc(N(CC)C3CCCCO3)c1c2. The first-order chi connectivity index (χ1) is 16.3. The lowest BCUT2D eigenvalue weighted by Gasteiger charge is -2.37. The normalized spacial score (nSPS) is 22.1. The topological polar surface area (TPSA) is 53.0 Å². The first-order valence-electron chi connectivity index (χ1n) is 12.0. The molecule has 4 bridgehead atoms. The molecule has 2 aliphatic heterocycles. The van der Waals surface area contributed by atoms with E-state index in [9.17, 15) is 0 Å². The van der Waals surface area contributed by atoms with E-state index in [-0.39, 0.29) is 12.1 Å². The maximum atomic E-state index is 6.14. The number of rotatable bonds is 3. The van der Waals surface area contributed by atoms with Gasteiger partial charge < -0.3 is 23.8 Å². The average Bonchev–Trinajstić information content (AvgIpc) is 2.85. The van der Waals surface area contributed by atoms with E-state index in [4.69, 9.17) is 25.4 Å². The molecule has 33 heavy (non-hydrogen) atoms. The molecule has 6 heteroatoms. The Morgan fingerprint density at radius 3 is 2.67 bits per heavy atom. The summed E-state index contributed by atoms with van der Waals surface area (Å²) < 4.78 is 23.5. The van der Waals surface area contributed by atoms with Crippen molar-refractivity contribution in [2.75, 3.05) is 51.1 Å². The van der Waals surface area contributed by atoms with E-state index < -0.39 is 0 Å². The Morgan fingerprint density at radius 1 is 1.03 bits per heavy atom. The minimum Gasteiger partial charge on any atom is -0.491 e. The quantitative estimate of drug-likeness (QED) is 0.655. The fraction of sp³-hybridized carbons (Fsp3) is 0.519. The summed E-state index contributed by atoms with van der Waals surface area (Å²) >= 11 is 0. The van der Waals surface area contributed by atoms with Crippen LogP contribution in [0.15, 0.2) is 36.7 Å². The zero-order chi connectivity index (χ0) is 22.9. The Morgan fingerprint density at radius 2 is 1.88 bits per heavy atom. The van der Waals surface area contributed by atoms with Crippen molar-refractivity contribution < 1.29 is 18.9 Å². The minimum absolute atomic E-state index is 0.0561. The first kappa shape index (κ1) is 23.6. The van der Waals surface area contributed by atoms with Crippen LogP contribution in [-0.4, -0.2) is 57.4 Å². The van der Waals surface area contributed by atoms with Crippen LogP contribution in [0.2, 0.25) is 0 Å². The highest BCUT2D eigenvalue weighted by Gasteiger charge is 2.26. The lowest BCUT2D eigenvalue weighted by Crippen LogP contribution is -2.40. The Labute approximate surface area is 197 Å². The Bertz CT molecular complexity index is 936. The van der Waals surface area contributed by atoms with Crippen LogP contribution in [-0.2, 0) is 20.6 Å². The van der Waals surface area contributed by atoms with Crippen molar-refractivity contribution in [2.45, 2.75) is 44.8 Å². The van der Waals surface area contributed by atoms with Crippen LogP contribution in [0, 0.1) is 12.3 Å². The van der Waals surface area contributed by atoms with Crippen molar-refractivity contribution in [1.29, 1.82) is 0 Å². The number of terminal acetylenes is 1. The number of pyridine rings is 1. The first-order valence-corrected chi connectivity index (χ1v) is 12.0. The average molecular weight is 451 g/mol. The summed E-state index contributed by atoms with van der Waals surface area (Å²) in [6.45, 7) is 6.51.